The zero-order chi connectivity index (χ0) is 18.4. The third kappa shape index (κ3) is 4.62. The van der Waals surface area contributed by atoms with E-state index in [2.05, 4.69) is 20.6 Å². The number of hydrogen-bond donors (Lipinski definition) is 4. The number of aliphatic hydroxyl groups is 1. The highest BCUT2D eigenvalue weighted by Gasteiger charge is 2.09. The summed E-state index contributed by atoms with van der Waals surface area (Å²) in [6.07, 6.45) is 0.594. The highest BCUT2D eigenvalue weighted by atomic mass is 35.5. The van der Waals surface area contributed by atoms with Gasteiger partial charge in [0.2, 0.25) is 5.95 Å². The average Bonchev–Trinajstić information content (AvgIpc) is 2.65. The highest BCUT2D eigenvalue weighted by Crippen LogP contribution is 2.30. The summed E-state index contributed by atoms with van der Waals surface area (Å²) < 4.78 is 0. The van der Waals surface area contributed by atoms with Crippen molar-refractivity contribution in [2.75, 3.05) is 23.8 Å². The molecular formula is C19H19ClN4O2. The van der Waals surface area contributed by atoms with Crippen molar-refractivity contribution < 1.29 is 10.2 Å². The summed E-state index contributed by atoms with van der Waals surface area (Å²) >= 11 is 6.01. The van der Waals surface area contributed by atoms with Gasteiger partial charge in [-0.15, -0.1) is 0 Å². The second-order valence-electron chi connectivity index (χ2n) is 5.62. The first-order valence-corrected chi connectivity index (χ1v) is 8.58. The van der Waals surface area contributed by atoms with Gasteiger partial charge in [0.05, 0.1) is 11.4 Å². The van der Waals surface area contributed by atoms with Crippen molar-refractivity contribution in [3.8, 4) is 17.0 Å². The summed E-state index contributed by atoms with van der Waals surface area (Å²) in [5.41, 5.74) is 2.13. The van der Waals surface area contributed by atoms with Crippen LogP contribution in [-0.4, -0.2) is 33.3 Å². The first-order chi connectivity index (χ1) is 12.7. The van der Waals surface area contributed by atoms with Crippen LogP contribution in [0.15, 0.2) is 54.6 Å². The van der Waals surface area contributed by atoms with Crippen molar-refractivity contribution in [2.45, 2.75) is 6.42 Å². The number of halogens is 1. The molecule has 0 amide bonds. The molecule has 0 radical (unpaired) electrons. The van der Waals surface area contributed by atoms with Crippen molar-refractivity contribution in [3.63, 3.8) is 0 Å². The lowest BCUT2D eigenvalue weighted by Crippen LogP contribution is -2.08. The maximum Gasteiger partial charge on any atom is 0.225 e. The molecule has 3 aromatic rings. The van der Waals surface area contributed by atoms with Crippen LogP contribution in [0.1, 0.15) is 6.42 Å². The molecule has 0 atom stereocenters. The Bertz CT molecular complexity index is 875. The van der Waals surface area contributed by atoms with E-state index in [4.69, 9.17) is 16.7 Å². The molecule has 0 aliphatic carbocycles. The molecule has 7 heteroatoms. The van der Waals surface area contributed by atoms with Gasteiger partial charge < -0.3 is 20.8 Å². The Balaban J connectivity index is 1.95. The van der Waals surface area contributed by atoms with Gasteiger partial charge >= 0.3 is 0 Å². The normalized spacial score (nSPS) is 10.5. The number of phenols is 1. The van der Waals surface area contributed by atoms with Crippen LogP contribution in [0.4, 0.5) is 17.5 Å². The number of aromatic hydroxyl groups is 1. The van der Waals surface area contributed by atoms with E-state index in [-0.39, 0.29) is 12.4 Å². The van der Waals surface area contributed by atoms with E-state index in [9.17, 15) is 5.11 Å². The van der Waals surface area contributed by atoms with Gasteiger partial charge in [0.1, 0.15) is 11.6 Å². The predicted molar refractivity (Wildman–Crippen MR) is 104 cm³/mol. The zero-order valence-corrected chi connectivity index (χ0v) is 14.7. The maximum atomic E-state index is 10.0. The molecule has 4 N–H and O–H groups in total. The third-order valence-corrected chi connectivity index (χ3v) is 3.87. The van der Waals surface area contributed by atoms with Gasteiger partial charge in [0.25, 0.3) is 0 Å². The van der Waals surface area contributed by atoms with E-state index < -0.39 is 0 Å². The molecule has 0 unspecified atom stereocenters. The first kappa shape index (κ1) is 18.0. The Morgan fingerprint density at radius 2 is 1.81 bits per heavy atom. The number of phenolic OH excluding ortho intramolecular Hbond substituents is 1. The summed E-state index contributed by atoms with van der Waals surface area (Å²) in [5.74, 6) is 1.02. The molecule has 0 saturated carbocycles. The van der Waals surface area contributed by atoms with Crippen molar-refractivity contribution >= 4 is 29.1 Å². The minimum atomic E-state index is 0.0732. The van der Waals surface area contributed by atoms with Gasteiger partial charge in [-0.2, -0.15) is 4.98 Å². The van der Waals surface area contributed by atoms with E-state index in [0.717, 1.165) is 11.3 Å². The molecule has 0 spiro atoms. The van der Waals surface area contributed by atoms with Crippen molar-refractivity contribution in [2.24, 2.45) is 0 Å². The molecule has 1 aromatic heterocycles. The van der Waals surface area contributed by atoms with Crippen LogP contribution in [0.2, 0.25) is 5.02 Å². The third-order valence-electron chi connectivity index (χ3n) is 3.64. The number of nitrogens with one attached hydrogen (secondary N) is 2. The van der Waals surface area contributed by atoms with E-state index in [1.807, 2.05) is 30.3 Å². The zero-order valence-electron chi connectivity index (χ0n) is 14.0. The molecule has 0 saturated heterocycles. The molecule has 3 rings (SSSR count). The first-order valence-electron chi connectivity index (χ1n) is 8.20. The SMILES string of the molecule is OCCCNc1nc(Nc2cc(Cl)ccc2O)cc(-c2ccccc2)n1. The average molecular weight is 371 g/mol. The molecule has 2 aromatic carbocycles. The van der Waals surface area contributed by atoms with Gasteiger partial charge in [-0.25, -0.2) is 4.98 Å². The molecular weight excluding hydrogens is 352 g/mol. The van der Waals surface area contributed by atoms with Crippen LogP contribution in [0.25, 0.3) is 11.3 Å². The number of aliphatic hydroxyl groups excluding tert-OH is 1. The minimum Gasteiger partial charge on any atom is -0.506 e. The fourth-order valence-electron chi connectivity index (χ4n) is 2.37. The lowest BCUT2D eigenvalue weighted by molar-refractivity contribution is 0.292. The number of nitrogens with zero attached hydrogens (tertiary/aromatic N) is 2. The quantitative estimate of drug-likeness (QED) is 0.370. The maximum absolute atomic E-state index is 10.0. The molecule has 0 aliphatic rings. The standard InChI is InChI=1S/C19H19ClN4O2/c20-14-7-8-17(26)16(11-14)22-18-12-15(13-5-2-1-3-6-13)23-19(24-18)21-9-4-10-25/h1-3,5-8,11-12,25-26H,4,9-10H2,(H2,21,22,23,24). The fraction of sp³-hybridized carbons (Fsp3) is 0.158. The van der Waals surface area contributed by atoms with E-state index in [0.29, 0.717) is 35.4 Å². The van der Waals surface area contributed by atoms with Crippen LogP contribution >= 0.6 is 11.6 Å². The summed E-state index contributed by atoms with van der Waals surface area (Å²) in [6, 6.07) is 16.3. The van der Waals surface area contributed by atoms with Crippen molar-refractivity contribution in [1.82, 2.24) is 9.97 Å². The van der Waals surface area contributed by atoms with E-state index in [1.54, 1.807) is 18.2 Å². The largest absolute Gasteiger partial charge is 0.506 e. The fourth-order valence-corrected chi connectivity index (χ4v) is 2.54. The summed E-state index contributed by atoms with van der Waals surface area (Å²) in [7, 11) is 0. The smallest absolute Gasteiger partial charge is 0.225 e. The van der Waals surface area contributed by atoms with E-state index in [1.165, 1.54) is 6.07 Å². The second kappa shape index (κ2) is 8.51. The van der Waals surface area contributed by atoms with E-state index >= 15 is 0 Å². The number of aromatic nitrogens is 2. The predicted octanol–water partition coefficient (Wildman–Crippen LogP) is 4.04. The van der Waals surface area contributed by atoms with Gasteiger partial charge in [-0.05, 0) is 24.6 Å². The van der Waals surface area contributed by atoms with Crippen LogP contribution in [-0.2, 0) is 0 Å². The Labute approximate surface area is 156 Å². The van der Waals surface area contributed by atoms with Gasteiger partial charge in [0, 0.05) is 29.8 Å². The monoisotopic (exact) mass is 370 g/mol. The second-order valence-corrected chi connectivity index (χ2v) is 6.05. The lowest BCUT2D eigenvalue weighted by atomic mass is 10.1. The number of anilines is 3. The molecule has 6 nitrogen and oxygen atoms in total. The Morgan fingerprint density at radius 1 is 1.00 bits per heavy atom. The van der Waals surface area contributed by atoms with Crippen LogP contribution in [0.5, 0.6) is 5.75 Å². The molecule has 1 heterocycles. The number of benzene rings is 2. The van der Waals surface area contributed by atoms with Crippen LogP contribution in [0, 0.1) is 0 Å². The van der Waals surface area contributed by atoms with Gasteiger partial charge in [0.15, 0.2) is 0 Å². The molecule has 26 heavy (non-hydrogen) atoms. The summed E-state index contributed by atoms with van der Waals surface area (Å²) in [4.78, 5) is 8.95. The molecule has 0 aliphatic heterocycles. The minimum absolute atomic E-state index is 0.0732. The molecule has 0 fully saturated rings. The number of hydrogen-bond acceptors (Lipinski definition) is 6. The Hall–Kier alpha value is -2.83. The van der Waals surface area contributed by atoms with Crippen molar-refractivity contribution in [1.29, 1.82) is 0 Å². The van der Waals surface area contributed by atoms with Gasteiger partial charge in [-0.1, -0.05) is 41.9 Å². The summed E-state index contributed by atoms with van der Waals surface area (Å²) in [5, 5.41) is 25.6. The number of rotatable bonds is 7. The Morgan fingerprint density at radius 3 is 2.58 bits per heavy atom. The Kier molecular flexibility index (Phi) is 5.88. The van der Waals surface area contributed by atoms with Crippen LogP contribution in [0.3, 0.4) is 0 Å². The lowest BCUT2D eigenvalue weighted by Gasteiger charge is -2.12. The topological polar surface area (TPSA) is 90.3 Å². The van der Waals surface area contributed by atoms with Crippen molar-refractivity contribution in [3.05, 3.63) is 59.6 Å². The highest BCUT2D eigenvalue weighted by molar-refractivity contribution is 6.30. The molecule has 134 valence electrons. The van der Waals surface area contributed by atoms with Crippen LogP contribution < -0.4 is 10.6 Å². The van der Waals surface area contributed by atoms with Gasteiger partial charge in [-0.3, -0.25) is 0 Å². The molecule has 0 bridgehead atoms. The summed E-state index contributed by atoms with van der Waals surface area (Å²) in [6.45, 7) is 0.642.